The molecule has 0 saturated heterocycles. The Balaban J connectivity index is 4.17. The van der Waals surface area contributed by atoms with Crippen LogP contribution in [-0.2, 0) is 9.37 Å². The average molecular weight is 374 g/mol. The zero-order chi connectivity index (χ0) is 19.5. The minimum atomic E-state index is -0.592. The van der Waals surface area contributed by atoms with Crippen LogP contribution in [0.15, 0.2) is 4.90 Å². The van der Waals surface area contributed by atoms with Crippen molar-refractivity contribution in [2.45, 2.75) is 64.2 Å². The standard InChI is InChI=1S/C15H22N2O7S/c1-7(2)10-13(16(18)19)11(8(3)4)15(25-24-23-22)12(9(5)6)14(10)17(20)21/h7-9,22H,1-6H3. The Morgan fingerprint density at radius 2 is 1.20 bits per heavy atom. The van der Waals surface area contributed by atoms with Crippen molar-refractivity contribution in [1.82, 2.24) is 0 Å². The summed E-state index contributed by atoms with van der Waals surface area (Å²) in [6.45, 7) is 10.4. The van der Waals surface area contributed by atoms with E-state index in [-0.39, 0.29) is 33.7 Å². The second kappa shape index (κ2) is 8.56. The summed E-state index contributed by atoms with van der Waals surface area (Å²) < 4.78 is 4.50. The van der Waals surface area contributed by atoms with E-state index in [1.165, 1.54) is 0 Å². The maximum atomic E-state index is 11.8. The quantitative estimate of drug-likeness (QED) is 0.281. The largest absolute Gasteiger partial charge is 0.284 e. The maximum Gasteiger partial charge on any atom is 0.284 e. The molecule has 0 saturated carbocycles. The number of hydrogen-bond acceptors (Lipinski definition) is 8. The predicted octanol–water partition coefficient (Wildman–Crippen LogP) is 5.30. The van der Waals surface area contributed by atoms with Crippen molar-refractivity contribution in [2.75, 3.05) is 0 Å². The molecule has 0 fully saturated rings. The van der Waals surface area contributed by atoms with Gasteiger partial charge in [0.1, 0.15) is 5.56 Å². The van der Waals surface area contributed by atoms with Crippen molar-refractivity contribution in [3.63, 3.8) is 0 Å². The molecule has 0 aliphatic carbocycles. The lowest BCUT2D eigenvalue weighted by molar-refractivity contribution is -0.432. The van der Waals surface area contributed by atoms with Gasteiger partial charge in [-0.05, 0) is 17.8 Å². The molecule has 1 aromatic carbocycles. The van der Waals surface area contributed by atoms with Crippen LogP contribution in [0.2, 0.25) is 0 Å². The smallest absolute Gasteiger partial charge is 0.258 e. The van der Waals surface area contributed by atoms with E-state index in [0.29, 0.717) is 23.2 Å². The summed E-state index contributed by atoms with van der Waals surface area (Å²) in [6, 6.07) is 0. The van der Waals surface area contributed by atoms with Crippen molar-refractivity contribution in [2.24, 2.45) is 0 Å². The average Bonchev–Trinajstić information content (AvgIpc) is 2.49. The molecule has 0 aliphatic rings. The monoisotopic (exact) mass is 374 g/mol. The van der Waals surface area contributed by atoms with Crippen LogP contribution < -0.4 is 0 Å². The lowest BCUT2D eigenvalue weighted by Gasteiger charge is -2.22. The molecule has 1 N–H and O–H groups in total. The third kappa shape index (κ3) is 4.27. The van der Waals surface area contributed by atoms with E-state index in [1.54, 1.807) is 41.5 Å². The zero-order valence-corrected chi connectivity index (χ0v) is 15.7. The van der Waals surface area contributed by atoms with Gasteiger partial charge in [-0.3, -0.25) is 20.2 Å². The van der Waals surface area contributed by atoms with Crippen LogP contribution in [0, 0.1) is 20.2 Å². The topological polar surface area (TPSA) is 125 Å². The van der Waals surface area contributed by atoms with E-state index < -0.39 is 15.8 Å². The molecule has 0 amide bonds. The number of hydrogen-bond donors (Lipinski definition) is 1. The Labute approximate surface area is 149 Å². The summed E-state index contributed by atoms with van der Waals surface area (Å²) >= 11 is 0.533. The third-order valence-corrected chi connectivity index (χ3v) is 4.49. The molecule has 0 heterocycles. The van der Waals surface area contributed by atoms with E-state index in [9.17, 15) is 20.2 Å². The molecule has 0 unspecified atom stereocenters. The van der Waals surface area contributed by atoms with Crippen LogP contribution in [0.3, 0.4) is 0 Å². The second-order valence-corrected chi connectivity index (χ2v) is 7.18. The highest BCUT2D eigenvalue weighted by Gasteiger charge is 2.39. The lowest BCUT2D eigenvalue weighted by atomic mass is 9.85. The first-order valence-corrected chi connectivity index (χ1v) is 8.47. The summed E-state index contributed by atoms with van der Waals surface area (Å²) in [6.07, 6.45) is 0. The van der Waals surface area contributed by atoms with Gasteiger partial charge >= 0.3 is 0 Å². The van der Waals surface area contributed by atoms with Gasteiger partial charge < -0.3 is 0 Å². The van der Waals surface area contributed by atoms with Crippen molar-refractivity contribution >= 4 is 23.4 Å². The van der Waals surface area contributed by atoms with Gasteiger partial charge in [0.05, 0.1) is 26.8 Å². The predicted molar refractivity (Wildman–Crippen MR) is 92.7 cm³/mol. The molecular weight excluding hydrogens is 352 g/mol. The fourth-order valence-electron chi connectivity index (χ4n) is 2.91. The summed E-state index contributed by atoms with van der Waals surface area (Å²) in [5.74, 6) is -1.04. The molecule has 0 atom stereocenters. The second-order valence-electron chi connectivity index (χ2n) is 6.47. The Bertz CT molecular complexity index is 627. The molecule has 10 heteroatoms. The minimum Gasteiger partial charge on any atom is -0.258 e. The Morgan fingerprint density at radius 1 is 0.840 bits per heavy atom. The summed E-state index contributed by atoms with van der Waals surface area (Å²) in [5, 5.41) is 35.7. The fraction of sp³-hybridized carbons (Fsp3) is 0.600. The van der Waals surface area contributed by atoms with Crippen molar-refractivity contribution in [3.8, 4) is 0 Å². The van der Waals surface area contributed by atoms with Gasteiger partial charge in [-0.2, -0.15) is 0 Å². The van der Waals surface area contributed by atoms with E-state index >= 15 is 0 Å². The fourth-order valence-corrected chi connectivity index (χ4v) is 3.86. The van der Waals surface area contributed by atoms with Crippen molar-refractivity contribution < 1.29 is 24.5 Å². The van der Waals surface area contributed by atoms with Crippen LogP contribution >= 0.6 is 12.0 Å². The molecule has 0 spiro atoms. The molecule has 0 radical (unpaired) electrons. The van der Waals surface area contributed by atoms with Crippen LogP contribution in [-0.4, -0.2) is 15.1 Å². The molecule has 0 aromatic heterocycles. The number of rotatable bonds is 8. The highest BCUT2D eigenvalue weighted by molar-refractivity contribution is 7.94. The highest BCUT2D eigenvalue weighted by atomic mass is 32.2. The maximum absolute atomic E-state index is 11.8. The molecule has 25 heavy (non-hydrogen) atoms. The molecule has 0 aliphatic heterocycles. The van der Waals surface area contributed by atoms with E-state index in [4.69, 9.17) is 5.26 Å². The van der Waals surface area contributed by atoms with Crippen molar-refractivity contribution in [1.29, 1.82) is 0 Å². The first-order chi connectivity index (χ1) is 11.6. The van der Waals surface area contributed by atoms with Gasteiger partial charge in [-0.15, -0.1) is 4.33 Å². The summed E-state index contributed by atoms with van der Waals surface area (Å²) in [5.41, 5.74) is 0.169. The first-order valence-electron chi connectivity index (χ1n) is 7.73. The van der Waals surface area contributed by atoms with Gasteiger partial charge in [0.15, 0.2) is 0 Å². The first kappa shape index (κ1) is 21.3. The molecule has 9 nitrogen and oxygen atoms in total. The lowest BCUT2D eigenvalue weighted by Crippen LogP contribution is -2.13. The van der Waals surface area contributed by atoms with Gasteiger partial charge in [0.2, 0.25) is 0 Å². The Morgan fingerprint density at radius 3 is 1.44 bits per heavy atom. The highest BCUT2D eigenvalue weighted by Crippen LogP contribution is 2.50. The summed E-state index contributed by atoms with van der Waals surface area (Å²) in [4.78, 5) is 22.6. The van der Waals surface area contributed by atoms with Crippen LogP contribution in [0.25, 0.3) is 0 Å². The normalized spacial score (nSPS) is 11.6. The molecule has 1 aromatic rings. The third-order valence-electron chi connectivity index (χ3n) is 3.75. The van der Waals surface area contributed by atoms with Gasteiger partial charge in [-0.1, -0.05) is 46.6 Å². The molecule has 1 rings (SSSR count). The number of nitro groups is 2. The molecule has 140 valence electrons. The van der Waals surface area contributed by atoms with Gasteiger partial charge in [0, 0.05) is 11.1 Å². The van der Waals surface area contributed by atoms with E-state index in [0.717, 1.165) is 0 Å². The molecular formula is C15H22N2O7S. The zero-order valence-electron chi connectivity index (χ0n) is 14.9. The Hall–Kier alpha value is -1.75. The Kier molecular flexibility index (Phi) is 7.29. The number of nitro benzene ring substituents is 2. The van der Waals surface area contributed by atoms with Gasteiger partial charge in [-0.25, -0.2) is 5.26 Å². The van der Waals surface area contributed by atoms with Crippen LogP contribution in [0.1, 0.15) is 76.0 Å². The van der Waals surface area contributed by atoms with E-state index in [1.807, 2.05) is 0 Å². The van der Waals surface area contributed by atoms with Crippen molar-refractivity contribution in [3.05, 3.63) is 36.9 Å². The van der Waals surface area contributed by atoms with E-state index in [2.05, 4.69) is 9.37 Å². The number of benzene rings is 1. The van der Waals surface area contributed by atoms with Crippen LogP contribution in [0.4, 0.5) is 11.4 Å². The SMILES string of the molecule is CC(C)c1c(SOOO)c(C(C)C)c([N+](=O)[O-])c(C(C)C)c1[N+](=O)[O-]. The van der Waals surface area contributed by atoms with Gasteiger partial charge in [0.25, 0.3) is 11.4 Å². The molecule has 0 bridgehead atoms. The summed E-state index contributed by atoms with van der Waals surface area (Å²) in [7, 11) is 0. The number of nitrogens with zero attached hydrogens (tertiary/aromatic N) is 2. The van der Waals surface area contributed by atoms with Crippen LogP contribution in [0.5, 0.6) is 0 Å². The minimum absolute atomic E-state index is 0.0941.